The third-order valence-corrected chi connectivity index (χ3v) is 2.84. The third kappa shape index (κ3) is 2.63. The Kier molecular flexibility index (Phi) is 3.78. The molecule has 1 aliphatic rings. The number of urea groups is 1. The Labute approximate surface area is 86.9 Å². The molecule has 82 valence electrons. The number of piperidine rings is 1. The third-order valence-electron chi connectivity index (χ3n) is 2.84. The summed E-state index contributed by atoms with van der Waals surface area (Å²) < 4.78 is 0. The summed E-state index contributed by atoms with van der Waals surface area (Å²) in [5.74, 6) is 0. The van der Waals surface area contributed by atoms with Gasteiger partial charge in [-0.2, -0.15) is 0 Å². The van der Waals surface area contributed by atoms with Crippen LogP contribution < -0.4 is 5.32 Å². The number of carbonyl (C=O) groups excluding carboxylic acids is 1. The second-order valence-corrected chi connectivity index (χ2v) is 4.64. The lowest BCUT2D eigenvalue weighted by Crippen LogP contribution is -2.53. The number of likely N-dealkylation sites (tertiary alicyclic amines) is 1. The van der Waals surface area contributed by atoms with E-state index in [1.54, 1.807) is 0 Å². The maximum absolute atomic E-state index is 11.8. The van der Waals surface area contributed by atoms with Gasteiger partial charge in [0.25, 0.3) is 0 Å². The van der Waals surface area contributed by atoms with Crippen LogP contribution in [0.5, 0.6) is 0 Å². The molecule has 3 heteroatoms. The van der Waals surface area contributed by atoms with Crippen LogP contribution in [0.3, 0.4) is 0 Å². The van der Waals surface area contributed by atoms with E-state index in [-0.39, 0.29) is 12.1 Å². The molecule has 1 aliphatic heterocycles. The van der Waals surface area contributed by atoms with Gasteiger partial charge >= 0.3 is 6.03 Å². The van der Waals surface area contributed by atoms with Crippen molar-refractivity contribution in [3.05, 3.63) is 0 Å². The number of rotatable bonds is 1. The minimum atomic E-state index is 0.0969. The van der Waals surface area contributed by atoms with Crippen molar-refractivity contribution in [2.24, 2.45) is 0 Å². The monoisotopic (exact) mass is 198 g/mol. The standard InChI is InChI=1S/C11H22N2O/c1-8(2)12-11(14)13-9(3)6-5-7-10(13)4/h8-10H,5-7H2,1-4H3,(H,12,14). The molecule has 2 atom stereocenters. The summed E-state index contributed by atoms with van der Waals surface area (Å²) in [5, 5.41) is 2.96. The molecule has 0 aromatic heterocycles. The zero-order valence-corrected chi connectivity index (χ0v) is 9.71. The quantitative estimate of drug-likeness (QED) is 0.689. The van der Waals surface area contributed by atoms with Gasteiger partial charge in [0.05, 0.1) is 0 Å². The molecular weight excluding hydrogens is 176 g/mol. The van der Waals surface area contributed by atoms with E-state index in [1.807, 2.05) is 18.7 Å². The van der Waals surface area contributed by atoms with Crippen molar-refractivity contribution in [3.8, 4) is 0 Å². The minimum absolute atomic E-state index is 0.0969. The van der Waals surface area contributed by atoms with Crippen LogP contribution in [0.25, 0.3) is 0 Å². The maximum Gasteiger partial charge on any atom is 0.318 e. The first-order valence-corrected chi connectivity index (χ1v) is 5.61. The molecule has 0 spiro atoms. The van der Waals surface area contributed by atoms with Crippen molar-refractivity contribution in [1.29, 1.82) is 0 Å². The smallest absolute Gasteiger partial charge is 0.318 e. The minimum Gasteiger partial charge on any atom is -0.336 e. The van der Waals surface area contributed by atoms with Crippen molar-refractivity contribution < 1.29 is 4.79 Å². The zero-order chi connectivity index (χ0) is 10.7. The van der Waals surface area contributed by atoms with Crippen LogP contribution in [-0.2, 0) is 0 Å². The van der Waals surface area contributed by atoms with Gasteiger partial charge in [0.15, 0.2) is 0 Å². The van der Waals surface area contributed by atoms with Gasteiger partial charge in [0.2, 0.25) is 0 Å². The molecular formula is C11H22N2O. The van der Waals surface area contributed by atoms with Crippen LogP contribution >= 0.6 is 0 Å². The molecule has 3 nitrogen and oxygen atoms in total. The average molecular weight is 198 g/mol. The van der Waals surface area contributed by atoms with E-state index in [0.717, 1.165) is 12.8 Å². The van der Waals surface area contributed by atoms with E-state index in [2.05, 4.69) is 19.2 Å². The number of hydrogen-bond acceptors (Lipinski definition) is 1. The number of nitrogens with zero attached hydrogens (tertiary/aromatic N) is 1. The van der Waals surface area contributed by atoms with Gasteiger partial charge in [-0.15, -0.1) is 0 Å². The lowest BCUT2D eigenvalue weighted by molar-refractivity contribution is 0.121. The Morgan fingerprint density at radius 3 is 2.21 bits per heavy atom. The van der Waals surface area contributed by atoms with E-state index < -0.39 is 0 Å². The summed E-state index contributed by atoms with van der Waals surface area (Å²) >= 11 is 0. The first-order chi connectivity index (χ1) is 6.52. The van der Waals surface area contributed by atoms with Gasteiger partial charge in [-0.05, 0) is 47.0 Å². The highest BCUT2D eigenvalue weighted by atomic mass is 16.2. The summed E-state index contributed by atoms with van der Waals surface area (Å²) in [6, 6.07) is 1.10. The predicted molar refractivity (Wildman–Crippen MR) is 58.3 cm³/mol. The van der Waals surface area contributed by atoms with E-state index in [1.165, 1.54) is 6.42 Å². The van der Waals surface area contributed by atoms with E-state index in [0.29, 0.717) is 12.1 Å². The molecule has 0 aromatic rings. The molecule has 0 saturated carbocycles. The highest BCUT2D eigenvalue weighted by Gasteiger charge is 2.28. The van der Waals surface area contributed by atoms with Crippen molar-refractivity contribution in [2.45, 2.75) is 65.1 Å². The van der Waals surface area contributed by atoms with Gasteiger partial charge in [-0.25, -0.2) is 4.79 Å². The topological polar surface area (TPSA) is 32.3 Å². The largest absolute Gasteiger partial charge is 0.336 e. The Balaban J connectivity index is 2.58. The van der Waals surface area contributed by atoms with Crippen molar-refractivity contribution in [2.75, 3.05) is 0 Å². The fourth-order valence-corrected chi connectivity index (χ4v) is 2.14. The van der Waals surface area contributed by atoms with Gasteiger partial charge in [-0.1, -0.05) is 0 Å². The van der Waals surface area contributed by atoms with Crippen LogP contribution in [0.15, 0.2) is 0 Å². The number of carbonyl (C=O) groups is 1. The summed E-state index contributed by atoms with van der Waals surface area (Å²) in [6.07, 6.45) is 3.51. The molecule has 0 radical (unpaired) electrons. The predicted octanol–water partition coefficient (Wildman–Crippen LogP) is 2.37. The molecule has 0 aliphatic carbocycles. The fraction of sp³-hybridized carbons (Fsp3) is 0.909. The first kappa shape index (κ1) is 11.3. The first-order valence-electron chi connectivity index (χ1n) is 5.61. The van der Waals surface area contributed by atoms with Gasteiger partial charge in [-0.3, -0.25) is 0 Å². The van der Waals surface area contributed by atoms with E-state index in [9.17, 15) is 4.79 Å². The Morgan fingerprint density at radius 1 is 1.29 bits per heavy atom. The van der Waals surface area contributed by atoms with Crippen molar-refractivity contribution in [3.63, 3.8) is 0 Å². The second-order valence-electron chi connectivity index (χ2n) is 4.64. The number of amides is 2. The lowest BCUT2D eigenvalue weighted by atomic mass is 9.98. The van der Waals surface area contributed by atoms with Crippen LogP contribution in [0.1, 0.15) is 47.0 Å². The Morgan fingerprint density at radius 2 is 1.79 bits per heavy atom. The van der Waals surface area contributed by atoms with Crippen molar-refractivity contribution in [1.82, 2.24) is 10.2 Å². The summed E-state index contributed by atoms with van der Waals surface area (Å²) in [4.78, 5) is 13.8. The second kappa shape index (κ2) is 4.67. The van der Waals surface area contributed by atoms with Crippen LogP contribution in [0.2, 0.25) is 0 Å². The molecule has 2 amide bonds. The lowest BCUT2D eigenvalue weighted by Gasteiger charge is -2.39. The maximum atomic E-state index is 11.8. The zero-order valence-electron chi connectivity index (χ0n) is 9.71. The van der Waals surface area contributed by atoms with E-state index in [4.69, 9.17) is 0 Å². The van der Waals surface area contributed by atoms with Gasteiger partial charge in [0, 0.05) is 18.1 Å². The molecule has 1 rings (SSSR count). The number of hydrogen-bond donors (Lipinski definition) is 1. The van der Waals surface area contributed by atoms with E-state index >= 15 is 0 Å². The highest BCUT2D eigenvalue weighted by molar-refractivity contribution is 5.75. The Hall–Kier alpha value is -0.730. The molecule has 2 unspecified atom stereocenters. The average Bonchev–Trinajstić information content (AvgIpc) is 2.01. The fourth-order valence-electron chi connectivity index (χ4n) is 2.14. The SMILES string of the molecule is CC(C)NC(=O)N1C(C)CCCC1C. The molecule has 0 bridgehead atoms. The highest BCUT2D eigenvalue weighted by Crippen LogP contribution is 2.22. The molecule has 1 heterocycles. The molecule has 1 saturated heterocycles. The Bertz CT molecular complexity index is 193. The molecule has 0 aromatic carbocycles. The van der Waals surface area contributed by atoms with Gasteiger partial charge in [0.1, 0.15) is 0 Å². The van der Waals surface area contributed by atoms with Crippen LogP contribution in [-0.4, -0.2) is 29.1 Å². The van der Waals surface area contributed by atoms with Gasteiger partial charge < -0.3 is 10.2 Å². The normalized spacial score (nSPS) is 27.9. The van der Waals surface area contributed by atoms with Crippen LogP contribution in [0, 0.1) is 0 Å². The summed E-state index contributed by atoms with van der Waals surface area (Å²) in [7, 11) is 0. The number of nitrogens with one attached hydrogen (secondary N) is 1. The summed E-state index contributed by atoms with van der Waals surface area (Å²) in [6.45, 7) is 8.26. The van der Waals surface area contributed by atoms with Crippen molar-refractivity contribution >= 4 is 6.03 Å². The summed E-state index contributed by atoms with van der Waals surface area (Å²) in [5.41, 5.74) is 0. The molecule has 1 fully saturated rings. The molecule has 14 heavy (non-hydrogen) atoms. The van der Waals surface area contributed by atoms with Crippen LogP contribution in [0.4, 0.5) is 4.79 Å². The molecule has 1 N–H and O–H groups in total.